The quantitative estimate of drug-likeness (QED) is 0.823. The summed E-state index contributed by atoms with van der Waals surface area (Å²) in [7, 11) is 0. The third-order valence-corrected chi connectivity index (χ3v) is 2.18. The van der Waals surface area contributed by atoms with Gasteiger partial charge in [-0.25, -0.2) is 17.6 Å². The van der Waals surface area contributed by atoms with Gasteiger partial charge in [-0.05, 0) is 18.2 Å². The van der Waals surface area contributed by atoms with Crippen LogP contribution in [-0.4, -0.2) is 42.0 Å². The fourth-order valence-corrected chi connectivity index (χ4v) is 1.37. The van der Waals surface area contributed by atoms with Gasteiger partial charge in [-0.2, -0.15) is 0 Å². The Morgan fingerprint density at radius 3 is 2.44 bits per heavy atom. The Bertz CT molecular complexity index is 426. The highest BCUT2D eigenvalue weighted by Crippen LogP contribution is 2.12. The van der Waals surface area contributed by atoms with Crippen LogP contribution in [0.1, 0.15) is 10.4 Å². The molecule has 1 amide bonds. The number of alkyl halides is 2. The van der Waals surface area contributed by atoms with Gasteiger partial charge in [0, 0.05) is 12.1 Å². The Labute approximate surface area is 101 Å². The van der Waals surface area contributed by atoms with Gasteiger partial charge < -0.3 is 10.0 Å². The molecule has 1 aromatic rings. The Kier molecular flexibility index (Phi) is 5.08. The molecule has 0 spiro atoms. The standard InChI is InChI=1S/C11H11F4NO2/c12-8-2-1-7(5-9(8)13)11(18)16(3-4-17)6-10(14)15/h1-2,5,10,17H,3-4,6H2. The first-order valence-electron chi connectivity index (χ1n) is 5.09. The lowest BCUT2D eigenvalue weighted by Crippen LogP contribution is -2.37. The van der Waals surface area contributed by atoms with Crippen molar-refractivity contribution < 1.29 is 27.5 Å². The van der Waals surface area contributed by atoms with E-state index in [2.05, 4.69) is 0 Å². The van der Waals surface area contributed by atoms with E-state index in [9.17, 15) is 22.4 Å². The molecule has 0 aromatic heterocycles. The Balaban J connectivity index is 2.90. The van der Waals surface area contributed by atoms with Gasteiger partial charge in [-0.1, -0.05) is 0 Å². The number of rotatable bonds is 5. The van der Waals surface area contributed by atoms with Gasteiger partial charge in [0.25, 0.3) is 12.3 Å². The molecule has 0 aliphatic heterocycles. The summed E-state index contributed by atoms with van der Waals surface area (Å²) < 4.78 is 50.0. The molecule has 100 valence electrons. The van der Waals surface area contributed by atoms with Crippen LogP contribution in [0.2, 0.25) is 0 Å². The highest BCUT2D eigenvalue weighted by atomic mass is 19.3. The number of hydrogen-bond donors (Lipinski definition) is 1. The summed E-state index contributed by atoms with van der Waals surface area (Å²) >= 11 is 0. The molecule has 0 saturated carbocycles. The molecule has 1 aromatic carbocycles. The van der Waals surface area contributed by atoms with Crippen molar-refractivity contribution >= 4 is 5.91 Å². The number of amides is 1. The average molecular weight is 265 g/mol. The molecular formula is C11H11F4NO2. The van der Waals surface area contributed by atoms with E-state index >= 15 is 0 Å². The molecule has 18 heavy (non-hydrogen) atoms. The summed E-state index contributed by atoms with van der Waals surface area (Å²) in [6.07, 6.45) is -2.77. The fraction of sp³-hybridized carbons (Fsp3) is 0.364. The van der Waals surface area contributed by atoms with Crippen molar-refractivity contribution in [1.82, 2.24) is 4.90 Å². The second-order valence-corrected chi connectivity index (χ2v) is 3.49. The van der Waals surface area contributed by atoms with E-state index in [0.29, 0.717) is 11.0 Å². The van der Waals surface area contributed by atoms with E-state index in [1.165, 1.54) is 0 Å². The molecule has 1 N–H and O–H groups in total. The first-order chi connectivity index (χ1) is 8.45. The Morgan fingerprint density at radius 2 is 1.94 bits per heavy atom. The molecule has 0 saturated heterocycles. The van der Waals surface area contributed by atoms with Gasteiger partial charge in [0.05, 0.1) is 13.2 Å². The van der Waals surface area contributed by atoms with Crippen molar-refractivity contribution in [2.75, 3.05) is 19.7 Å². The monoisotopic (exact) mass is 265 g/mol. The van der Waals surface area contributed by atoms with Crippen LogP contribution in [0.15, 0.2) is 18.2 Å². The smallest absolute Gasteiger partial charge is 0.255 e. The summed E-state index contributed by atoms with van der Waals surface area (Å²) in [5.41, 5.74) is -0.247. The summed E-state index contributed by atoms with van der Waals surface area (Å²) in [6, 6.07) is 2.37. The normalized spacial score (nSPS) is 10.8. The zero-order valence-electron chi connectivity index (χ0n) is 9.25. The van der Waals surface area contributed by atoms with Crippen molar-refractivity contribution in [2.45, 2.75) is 6.43 Å². The molecular weight excluding hydrogens is 254 g/mol. The van der Waals surface area contributed by atoms with Crippen LogP contribution in [0.5, 0.6) is 0 Å². The second kappa shape index (κ2) is 6.34. The molecule has 0 bridgehead atoms. The molecule has 0 atom stereocenters. The molecule has 0 unspecified atom stereocenters. The van der Waals surface area contributed by atoms with Gasteiger partial charge in [0.1, 0.15) is 0 Å². The second-order valence-electron chi connectivity index (χ2n) is 3.49. The van der Waals surface area contributed by atoms with Crippen LogP contribution in [-0.2, 0) is 0 Å². The van der Waals surface area contributed by atoms with E-state index in [1.807, 2.05) is 0 Å². The lowest BCUT2D eigenvalue weighted by Gasteiger charge is -2.21. The lowest BCUT2D eigenvalue weighted by atomic mass is 10.2. The van der Waals surface area contributed by atoms with Crippen LogP contribution in [0.3, 0.4) is 0 Å². The summed E-state index contributed by atoms with van der Waals surface area (Å²) in [5.74, 6) is -3.25. The largest absolute Gasteiger partial charge is 0.395 e. The minimum atomic E-state index is -2.77. The van der Waals surface area contributed by atoms with E-state index in [0.717, 1.165) is 12.1 Å². The Hall–Kier alpha value is -1.63. The van der Waals surface area contributed by atoms with E-state index in [4.69, 9.17) is 5.11 Å². The minimum Gasteiger partial charge on any atom is -0.395 e. The van der Waals surface area contributed by atoms with Crippen LogP contribution < -0.4 is 0 Å². The maximum absolute atomic E-state index is 12.9. The van der Waals surface area contributed by atoms with Crippen LogP contribution in [0.4, 0.5) is 17.6 Å². The number of aliphatic hydroxyl groups excluding tert-OH is 1. The number of carbonyl (C=O) groups is 1. The first kappa shape index (κ1) is 14.4. The van der Waals surface area contributed by atoms with Crippen molar-refractivity contribution in [2.24, 2.45) is 0 Å². The van der Waals surface area contributed by atoms with Gasteiger partial charge in [0.2, 0.25) is 0 Å². The topological polar surface area (TPSA) is 40.5 Å². The van der Waals surface area contributed by atoms with Crippen LogP contribution >= 0.6 is 0 Å². The Morgan fingerprint density at radius 1 is 1.28 bits per heavy atom. The molecule has 0 aliphatic rings. The van der Waals surface area contributed by atoms with Gasteiger partial charge in [-0.15, -0.1) is 0 Å². The van der Waals surface area contributed by atoms with Crippen molar-refractivity contribution in [3.8, 4) is 0 Å². The molecule has 1 rings (SSSR count). The van der Waals surface area contributed by atoms with Crippen LogP contribution in [0, 0.1) is 11.6 Å². The molecule has 0 radical (unpaired) electrons. The highest BCUT2D eigenvalue weighted by molar-refractivity contribution is 5.94. The predicted octanol–water partition coefficient (Wildman–Crippen LogP) is 1.66. The van der Waals surface area contributed by atoms with Crippen LogP contribution in [0.25, 0.3) is 0 Å². The van der Waals surface area contributed by atoms with E-state index in [-0.39, 0.29) is 12.1 Å². The molecule has 0 heterocycles. The number of aliphatic hydroxyl groups is 1. The highest BCUT2D eigenvalue weighted by Gasteiger charge is 2.20. The molecule has 0 aliphatic carbocycles. The predicted molar refractivity (Wildman–Crippen MR) is 55.4 cm³/mol. The fourth-order valence-electron chi connectivity index (χ4n) is 1.37. The van der Waals surface area contributed by atoms with Crippen molar-refractivity contribution in [1.29, 1.82) is 0 Å². The van der Waals surface area contributed by atoms with Gasteiger partial charge in [-0.3, -0.25) is 4.79 Å². The molecule has 3 nitrogen and oxygen atoms in total. The number of nitrogens with zero attached hydrogens (tertiary/aromatic N) is 1. The SMILES string of the molecule is O=C(c1ccc(F)c(F)c1)N(CCO)CC(F)F. The maximum atomic E-state index is 12.9. The van der Waals surface area contributed by atoms with Crippen molar-refractivity contribution in [3.63, 3.8) is 0 Å². The van der Waals surface area contributed by atoms with E-state index < -0.39 is 37.1 Å². The molecule has 0 fully saturated rings. The maximum Gasteiger partial charge on any atom is 0.255 e. The minimum absolute atomic E-state index is 0.247. The summed E-state index contributed by atoms with van der Waals surface area (Å²) in [5, 5.41) is 8.67. The number of halogens is 4. The first-order valence-corrected chi connectivity index (χ1v) is 5.09. The summed E-state index contributed by atoms with van der Waals surface area (Å²) in [6.45, 7) is -1.68. The number of carbonyl (C=O) groups excluding carboxylic acids is 1. The van der Waals surface area contributed by atoms with Gasteiger partial charge >= 0.3 is 0 Å². The zero-order valence-corrected chi connectivity index (χ0v) is 9.25. The zero-order chi connectivity index (χ0) is 13.7. The number of benzene rings is 1. The number of hydrogen-bond acceptors (Lipinski definition) is 2. The average Bonchev–Trinajstić information content (AvgIpc) is 2.31. The van der Waals surface area contributed by atoms with Gasteiger partial charge in [0.15, 0.2) is 11.6 Å². The summed E-state index contributed by atoms with van der Waals surface area (Å²) in [4.78, 5) is 12.4. The lowest BCUT2D eigenvalue weighted by molar-refractivity contribution is 0.0509. The third-order valence-electron chi connectivity index (χ3n) is 2.18. The molecule has 7 heteroatoms. The third kappa shape index (κ3) is 3.69. The van der Waals surface area contributed by atoms with E-state index in [1.54, 1.807) is 0 Å². The van der Waals surface area contributed by atoms with Crippen molar-refractivity contribution in [3.05, 3.63) is 35.4 Å².